The van der Waals surface area contributed by atoms with Gasteiger partial charge in [0.05, 0.1) is 0 Å². The van der Waals surface area contributed by atoms with Crippen molar-refractivity contribution in [2.45, 2.75) is 0 Å². The maximum atomic E-state index is 13.0. The zero-order chi connectivity index (χ0) is 13.9. The molecule has 6 nitrogen and oxygen atoms in total. The second kappa shape index (κ2) is 4.96. The Labute approximate surface area is 113 Å². The highest BCUT2D eigenvalue weighted by Gasteiger charge is 2.08. The van der Waals surface area contributed by atoms with Gasteiger partial charge in [-0.2, -0.15) is 0 Å². The number of urea groups is 1. The summed E-state index contributed by atoms with van der Waals surface area (Å²) < 4.78 is 14.6. The molecule has 2 heterocycles. The summed E-state index contributed by atoms with van der Waals surface area (Å²) in [7, 11) is 0. The van der Waals surface area contributed by atoms with Gasteiger partial charge >= 0.3 is 6.03 Å². The first-order chi connectivity index (χ1) is 9.72. The molecule has 100 valence electrons. The molecule has 0 saturated carbocycles. The van der Waals surface area contributed by atoms with Gasteiger partial charge in [0.1, 0.15) is 5.82 Å². The van der Waals surface area contributed by atoms with Crippen molar-refractivity contribution in [2.75, 3.05) is 10.6 Å². The molecule has 3 aromatic rings. The number of carbonyl (C=O) groups is 1. The van der Waals surface area contributed by atoms with E-state index in [4.69, 9.17) is 0 Å². The van der Waals surface area contributed by atoms with E-state index in [1.54, 1.807) is 28.8 Å². The van der Waals surface area contributed by atoms with Crippen molar-refractivity contribution in [3.63, 3.8) is 0 Å². The van der Waals surface area contributed by atoms with Crippen LogP contribution in [0.3, 0.4) is 0 Å². The lowest BCUT2D eigenvalue weighted by Gasteiger charge is -2.06. The molecule has 2 aromatic heterocycles. The Hall–Kier alpha value is -2.96. The predicted octanol–water partition coefficient (Wildman–Crippen LogP) is 2.51. The molecule has 0 spiro atoms. The van der Waals surface area contributed by atoms with Crippen molar-refractivity contribution >= 4 is 23.3 Å². The molecular formula is C13H10FN5O. The van der Waals surface area contributed by atoms with Gasteiger partial charge in [0.15, 0.2) is 5.65 Å². The fraction of sp³-hybridized carbons (Fsp3) is 0. The number of amides is 2. The second-order valence-corrected chi connectivity index (χ2v) is 4.04. The van der Waals surface area contributed by atoms with Gasteiger partial charge in [0, 0.05) is 11.9 Å². The lowest BCUT2D eigenvalue weighted by molar-refractivity contribution is 0.262. The Morgan fingerprint density at radius 3 is 2.85 bits per heavy atom. The zero-order valence-corrected chi connectivity index (χ0v) is 10.2. The fourth-order valence-corrected chi connectivity index (χ4v) is 1.76. The molecule has 0 unspecified atom stereocenters. The van der Waals surface area contributed by atoms with E-state index in [1.807, 2.05) is 6.07 Å². The number of pyridine rings is 1. The number of rotatable bonds is 2. The molecule has 0 aliphatic heterocycles. The maximum absolute atomic E-state index is 13.0. The van der Waals surface area contributed by atoms with Crippen LogP contribution in [0.25, 0.3) is 5.65 Å². The van der Waals surface area contributed by atoms with Crippen molar-refractivity contribution < 1.29 is 9.18 Å². The lowest BCUT2D eigenvalue weighted by Crippen LogP contribution is -2.20. The van der Waals surface area contributed by atoms with Crippen molar-refractivity contribution in [3.8, 4) is 0 Å². The summed E-state index contributed by atoms with van der Waals surface area (Å²) in [5, 5.41) is 12.8. The SMILES string of the molecule is O=C(Nc1cccc(F)c1)Nc1nnc2ccccn12. The number of hydrogen-bond donors (Lipinski definition) is 2. The minimum atomic E-state index is -0.520. The molecule has 0 aliphatic rings. The molecule has 3 rings (SSSR count). The number of hydrogen-bond acceptors (Lipinski definition) is 3. The van der Waals surface area contributed by atoms with Gasteiger partial charge in [0.25, 0.3) is 0 Å². The molecule has 0 saturated heterocycles. The summed E-state index contributed by atoms with van der Waals surface area (Å²) in [6.45, 7) is 0. The highest BCUT2D eigenvalue weighted by atomic mass is 19.1. The van der Waals surface area contributed by atoms with Crippen LogP contribution in [-0.4, -0.2) is 20.6 Å². The summed E-state index contributed by atoms with van der Waals surface area (Å²) in [6.07, 6.45) is 1.73. The van der Waals surface area contributed by atoms with Crippen molar-refractivity contribution in [3.05, 3.63) is 54.5 Å². The van der Waals surface area contributed by atoms with E-state index in [-0.39, 0.29) is 5.95 Å². The molecular weight excluding hydrogens is 261 g/mol. The number of carbonyl (C=O) groups excluding carboxylic acids is 1. The minimum absolute atomic E-state index is 0.287. The second-order valence-electron chi connectivity index (χ2n) is 4.04. The van der Waals surface area contributed by atoms with E-state index >= 15 is 0 Å². The highest BCUT2D eigenvalue weighted by molar-refractivity contribution is 5.98. The van der Waals surface area contributed by atoms with Gasteiger partial charge in [0.2, 0.25) is 5.95 Å². The van der Waals surface area contributed by atoms with Gasteiger partial charge in [-0.3, -0.25) is 9.72 Å². The van der Waals surface area contributed by atoms with Gasteiger partial charge in [-0.25, -0.2) is 9.18 Å². The number of aromatic nitrogens is 3. The summed E-state index contributed by atoms with van der Waals surface area (Å²) in [5.74, 6) is -0.134. The quantitative estimate of drug-likeness (QED) is 0.752. The van der Waals surface area contributed by atoms with Gasteiger partial charge < -0.3 is 5.32 Å². The molecule has 2 amide bonds. The average molecular weight is 271 g/mol. The third kappa shape index (κ3) is 2.41. The third-order valence-corrected chi connectivity index (χ3v) is 2.62. The standard InChI is InChI=1S/C13H10FN5O/c14-9-4-3-5-10(8-9)15-13(20)16-12-18-17-11-6-1-2-7-19(11)12/h1-8H,(H2,15,16,18,20). The monoisotopic (exact) mass is 271 g/mol. The molecule has 0 radical (unpaired) electrons. The topological polar surface area (TPSA) is 71.3 Å². The maximum Gasteiger partial charge on any atom is 0.326 e. The lowest BCUT2D eigenvalue weighted by atomic mass is 10.3. The summed E-state index contributed by atoms with van der Waals surface area (Å²) in [4.78, 5) is 11.8. The molecule has 0 bridgehead atoms. The first kappa shape index (κ1) is 12.1. The Bertz CT molecular complexity index is 770. The van der Waals surface area contributed by atoms with E-state index in [0.717, 1.165) is 0 Å². The predicted molar refractivity (Wildman–Crippen MR) is 72.0 cm³/mol. The van der Waals surface area contributed by atoms with Gasteiger partial charge in [-0.1, -0.05) is 12.1 Å². The molecule has 20 heavy (non-hydrogen) atoms. The van der Waals surface area contributed by atoms with E-state index < -0.39 is 11.8 Å². The Kier molecular flexibility index (Phi) is 3.00. The average Bonchev–Trinajstić information content (AvgIpc) is 2.82. The van der Waals surface area contributed by atoms with Crippen LogP contribution in [-0.2, 0) is 0 Å². The Morgan fingerprint density at radius 1 is 1.10 bits per heavy atom. The number of halogens is 1. The number of nitrogens with one attached hydrogen (secondary N) is 2. The zero-order valence-electron chi connectivity index (χ0n) is 10.2. The first-order valence-corrected chi connectivity index (χ1v) is 5.86. The first-order valence-electron chi connectivity index (χ1n) is 5.86. The van der Waals surface area contributed by atoms with Crippen LogP contribution in [0.2, 0.25) is 0 Å². The van der Waals surface area contributed by atoms with E-state index in [9.17, 15) is 9.18 Å². The highest BCUT2D eigenvalue weighted by Crippen LogP contribution is 2.11. The Morgan fingerprint density at radius 2 is 2.00 bits per heavy atom. The van der Waals surface area contributed by atoms with Crippen molar-refractivity contribution in [2.24, 2.45) is 0 Å². The van der Waals surface area contributed by atoms with Crippen LogP contribution in [0.4, 0.5) is 20.8 Å². The molecule has 2 N–H and O–H groups in total. The fourth-order valence-electron chi connectivity index (χ4n) is 1.76. The normalized spacial score (nSPS) is 10.4. The van der Waals surface area contributed by atoms with Crippen molar-refractivity contribution in [1.29, 1.82) is 0 Å². The summed E-state index contributed by atoms with van der Waals surface area (Å²) in [6, 6.07) is 10.5. The van der Waals surface area contributed by atoms with Gasteiger partial charge in [-0.05, 0) is 30.3 Å². The van der Waals surface area contributed by atoms with Crippen LogP contribution in [0.5, 0.6) is 0 Å². The van der Waals surface area contributed by atoms with E-state index in [0.29, 0.717) is 11.3 Å². The third-order valence-electron chi connectivity index (χ3n) is 2.62. The van der Waals surface area contributed by atoms with E-state index in [2.05, 4.69) is 20.8 Å². The molecule has 1 aromatic carbocycles. The Balaban J connectivity index is 1.76. The van der Waals surface area contributed by atoms with Crippen LogP contribution >= 0.6 is 0 Å². The largest absolute Gasteiger partial charge is 0.326 e. The molecule has 0 atom stereocenters. The molecule has 0 aliphatic carbocycles. The van der Waals surface area contributed by atoms with Gasteiger partial charge in [-0.15, -0.1) is 10.2 Å². The number of anilines is 2. The summed E-state index contributed by atoms with van der Waals surface area (Å²) >= 11 is 0. The summed E-state index contributed by atoms with van der Waals surface area (Å²) in [5.41, 5.74) is 0.977. The van der Waals surface area contributed by atoms with E-state index in [1.165, 1.54) is 18.2 Å². The number of fused-ring (bicyclic) bond motifs is 1. The van der Waals surface area contributed by atoms with Crippen LogP contribution in [0.1, 0.15) is 0 Å². The minimum Gasteiger partial charge on any atom is -0.308 e. The van der Waals surface area contributed by atoms with Crippen LogP contribution < -0.4 is 10.6 Å². The molecule has 0 fully saturated rings. The number of benzene rings is 1. The molecule has 7 heteroatoms. The van der Waals surface area contributed by atoms with Crippen molar-refractivity contribution in [1.82, 2.24) is 14.6 Å². The number of nitrogens with zero attached hydrogens (tertiary/aromatic N) is 3. The van der Waals surface area contributed by atoms with Crippen LogP contribution in [0, 0.1) is 5.82 Å². The van der Waals surface area contributed by atoms with Crippen LogP contribution in [0.15, 0.2) is 48.7 Å². The smallest absolute Gasteiger partial charge is 0.308 e.